The number of sulfonamides is 1. The van der Waals surface area contributed by atoms with E-state index in [-0.39, 0.29) is 23.5 Å². The van der Waals surface area contributed by atoms with Crippen molar-refractivity contribution in [3.63, 3.8) is 0 Å². The van der Waals surface area contributed by atoms with Crippen LogP contribution in [0.25, 0.3) is 5.69 Å². The maximum Gasteiger partial charge on any atom is 0.254 e. The highest BCUT2D eigenvalue weighted by Gasteiger charge is 2.28. The minimum Gasteiger partial charge on any atom is -0.379 e. The van der Waals surface area contributed by atoms with Crippen LogP contribution in [0.5, 0.6) is 0 Å². The van der Waals surface area contributed by atoms with Crippen molar-refractivity contribution in [1.82, 2.24) is 19.2 Å². The van der Waals surface area contributed by atoms with Gasteiger partial charge in [-0.3, -0.25) is 4.79 Å². The van der Waals surface area contributed by atoms with Crippen LogP contribution in [-0.2, 0) is 14.8 Å². The maximum absolute atomic E-state index is 14.4. The lowest BCUT2D eigenvalue weighted by Crippen LogP contribution is -2.40. The molecule has 3 aromatic rings. The van der Waals surface area contributed by atoms with Crippen LogP contribution in [-0.4, -0.2) is 54.5 Å². The first-order valence-electron chi connectivity index (χ1n) is 10.1. The third-order valence-corrected chi connectivity index (χ3v) is 7.23. The lowest BCUT2D eigenvalue weighted by Gasteiger charge is -2.26. The third kappa shape index (κ3) is 4.57. The minimum absolute atomic E-state index is 0.122. The summed E-state index contributed by atoms with van der Waals surface area (Å²) in [6.45, 7) is 2.80. The second-order valence-corrected chi connectivity index (χ2v) is 9.35. The minimum atomic E-state index is -3.84. The van der Waals surface area contributed by atoms with Gasteiger partial charge in [0.2, 0.25) is 10.0 Å². The second kappa shape index (κ2) is 9.19. The molecular formula is C22H23FN4O4S. The second-order valence-electron chi connectivity index (χ2n) is 7.41. The standard InChI is InChI=1S/C22H23FN4O4S/c1-16(17-2-4-18(5-3-17)26-9-8-24-15-26)25-22(28)20-14-19(6-7-21(20)23)32(29,30)27-10-12-31-13-11-27/h2-9,14-16H,10-13H2,1H3,(H,25,28)/t16-/m1/s1. The summed E-state index contributed by atoms with van der Waals surface area (Å²) in [5.74, 6) is -1.47. The average Bonchev–Trinajstić information content (AvgIpc) is 3.35. The predicted octanol–water partition coefficient (Wildman–Crippen LogP) is 2.52. The van der Waals surface area contributed by atoms with Gasteiger partial charge in [-0.25, -0.2) is 17.8 Å². The van der Waals surface area contributed by atoms with Crippen molar-refractivity contribution in [1.29, 1.82) is 0 Å². The van der Waals surface area contributed by atoms with Gasteiger partial charge in [-0.2, -0.15) is 4.31 Å². The molecule has 1 aliphatic heterocycles. The Morgan fingerprint density at radius 2 is 1.88 bits per heavy atom. The molecule has 4 rings (SSSR count). The topological polar surface area (TPSA) is 93.5 Å². The van der Waals surface area contributed by atoms with E-state index in [2.05, 4.69) is 10.3 Å². The summed E-state index contributed by atoms with van der Waals surface area (Å²) in [7, 11) is -3.84. The largest absolute Gasteiger partial charge is 0.379 e. The van der Waals surface area contributed by atoms with Crippen LogP contribution in [0.3, 0.4) is 0 Å². The summed E-state index contributed by atoms with van der Waals surface area (Å²) in [5, 5.41) is 2.74. The first-order valence-corrected chi connectivity index (χ1v) is 11.6. The molecule has 32 heavy (non-hydrogen) atoms. The third-order valence-electron chi connectivity index (χ3n) is 5.33. The molecule has 1 saturated heterocycles. The van der Waals surface area contributed by atoms with E-state index in [1.807, 2.05) is 35.0 Å². The number of halogens is 1. The smallest absolute Gasteiger partial charge is 0.254 e. The number of aromatic nitrogens is 2. The summed E-state index contributed by atoms with van der Waals surface area (Å²) < 4.78 is 48.4. The molecule has 1 amide bonds. The molecule has 0 spiro atoms. The molecule has 0 saturated carbocycles. The molecule has 1 N–H and O–H groups in total. The van der Waals surface area contributed by atoms with Gasteiger partial charge in [-0.05, 0) is 42.8 Å². The SMILES string of the molecule is C[C@@H](NC(=O)c1cc(S(=O)(=O)N2CCOCC2)ccc1F)c1ccc(-n2ccnc2)cc1. The molecule has 2 heterocycles. The van der Waals surface area contributed by atoms with Gasteiger partial charge >= 0.3 is 0 Å². The fraction of sp³-hybridized carbons (Fsp3) is 0.273. The number of benzene rings is 2. The van der Waals surface area contributed by atoms with E-state index in [1.54, 1.807) is 19.4 Å². The zero-order valence-electron chi connectivity index (χ0n) is 17.4. The van der Waals surface area contributed by atoms with Crippen LogP contribution in [0.1, 0.15) is 28.9 Å². The van der Waals surface area contributed by atoms with Crippen LogP contribution >= 0.6 is 0 Å². The number of ether oxygens (including phenoxy) is 1. The fourth-order valence-corrected chi connectivity index (χ4v) is 4.91. The Morgan fingerprint density at radius 1 is 1.16 bits per heavy atom. The summed E-state index contributed by atoms with van der Waals surface area (Å²) in [6.07, 6.45) is 5.18. The molecule has 0 bridgehead atoms. The average molecular weight is 459 g/mol. The van der Waals surface area contributed by atoms with E-state index in [1.165, 1.54) is 10.4 Å². The number of rotatable bonds is 6. The highest BCUT2D eigenvalue weighted by atomic mass is 32.2. The first-order chi connectivity index (χ1) is 15.4. The highest BCUT2D eigenvalue weighted by molar-refractivity contribution is 7.89. The number of hydrogen-bond acceptors (Lipinski definition) is 5. The Hall–Kier alpha value is -3.08. The van der Waals surface area contributed by atoms with E-state index in [0.29, 0.717) is 13.2 Å². The number of carbonyl (C=O) groups is 1. The van der Waals surface area contributed by atoms with Gasteiger partial charge in [-0.15, -0.1) is 0 Å². The van der Waals surface area contributed by atoms with Crippen molar-refractivity contribution in [2.45, 2.75) is 17.9 Å². The number of morpholine rings is 1. The van der Waals surface area contributed by atoms with Crippen LogP contribution < -0.4 is 5.32 Å². The van der Waals surface area contributed by atoms with Gasteiger partial charge in [0.15, 0.2) is 0 Å². The summed E-state index contributed by atoms with van der Waals surface area (Å²) in [6, 6.07) is 10.3. The van der Waals surface area contributed by atoms with Crippen LogP contribution in [0.15, 0.2) is 66.1 Å². The van der Waals surface area contributed by atoms with Crippen molar-refractivity contribution < 1.29 is 22.3 Å². The number of amides is 1. The van der Waals surface area contributed by atoms with Gasteiger partial charge in [0.05, 0.1) is 36.0 Å². The van der Waals surface area contributed by atoms with Gasteiger partial charge in [0, 0.05) is 31.2 Å². The van der Waals surface area contributed by atoms with Crippen molar-refractivity contribution in [2.24, 2.45) is 0 Å². The molecule has 10 heteroatoms. The predicted molar refractivity (Wildman–Crippen MR) is 115 cm³/mol. The summed E-state index contributed by atoms with van der Waals surface area (Å²) in [4.78, 5) is 16.7. The van der Waals surface area contributed by atoms with E-state index < -0.39 is 27.8 Å². The monoisotopic (exact) mass is 458 g/mol. The Labute approximate surface area is 185 Å². The van der Waals surface area contributed by atoms with Crippen molar-refractivity contribution >= 4 is 15.9 Å². The van der Waals surface area contributed by atoms with Crippen LogP contribution in [0.2, 0.25) is 0 Å². The molecule has 0 unspecified atom stereocenters. The summed E-state index contributed by atoms with van der Waals surface area (Å²) in [5.41, 5.74) is 1.41. The Morgan fingerprint density at radius 3 is 2.53 bits per heavy atom. The lowest BCUT2D eigenvalue weighted by molar-refractivity contribution is 0.0730. The van der Waals surface area contributed by atoms with Gasteiger partial charge in [-0.1, -0.05) is 12.1 Å². The molecular weight excluding hydrogens is 435 g/mol. The van der Waals surface area contributed by atoms with E-state index in [0.717, 1.165) is 23.4 Å². The number of nitrogens with zero attached hydrogens (tertiary/aromatic N) is 3. The van der Waals surface area contributed by atoms with Gasteiger partial charge < -0.3 is 14.6 Å². The van der Waals surface area contributed by atoms with Crippen LogP contribution in [0.4, 0.5) is 4.39 Å². The molecule has 1 aromatic heterocycles. The normalized spacial score (nSPS) is 15.9. The number of hydrogen-bond donors (Lipinski definition) is 1. The first kappa shape index (κ1) is 22.1. The fourth-order valence-electron chi connectivity index (χ4n) is 3.48. The molecule has 0 aliphatic carbocycles. The molecule has 168 valence electrons. The molecule has 1 aliphatic rings. The number of nitrogens with one attached hydrogen (secondary N) is 1. The summed E-state index contributed by atoms with van der Waals surface area (Å²) >= 11 is 0. The highest BCUT2D eigenvalue weighted by Crippen LogP contribution is 2.22. The lowest BCUT2D eigenvalue weighted by atomic mass is 10.1. The van der Waals surface area contributed by atoms with E-state index in [4.69, 9.17) is 4.74 Å². The molecule has 0 radical (unpaired) electrons. The number of carbonyl (C=O) groups excluding carboxylic acids is 1. The molecule has 8 nitrogen and oxygen atoms in total. The Kier molecular flexibility index (Phi) is 6.35. The molecule has 1 fully saturated rings. The Balaban J connectivity index is 1.51. The molecule has 1 atom stereocenters. The zero-order chi connectivity index (χ0) is 22.7. The van der Waals surface area contributed by atoms with Crippen LogP contribution in [0, 0.1) is 5.82 Å². The molecule has 2 aromatic carbocycles. The van der Waals surface area contributed by atoms with Crippen molar-refractivity contribution in [3.8, 4) is 5.69 Å². The quantitative estimate of drug-likeness (QED) is 0.613. The van der Waals surface area contributed by atoms with E-state index >= 15 is 0 Å². The maximum atomic E-state index is 14.4. The van der Waals surface area contributed by atoms with Crippen molar-refractivity contribution in [2.75, 3.05) is 26.3 Å². The van der Waals surface area contributed by atoms with Gasteiger partial charge in [0.1, 0.15) is 5.82 Å². The van der Waals surface area contributed by atoms with E-state index in [9.17, 15) is 17.6 Å². The Bertz CT molecular complexity index is 1190. The van der Waals surface area contributed by atoms with Crippen molar-refractivity contribution in [3.05, 3.63) is 78.1 Å². The van der Waals surface area contributed by atoms with Gasteiger partial charge in [0.25, 0.3) is 5.91 Å². The number of imidazole rings is 1. The zero-order valence-corrected chi connectivity index (χ0v) is 18.3.